The predicted octanol–water partition coefficient (Wildman–Crippen LogP) is 1.84. The Balaban J connectivity index is 1.78. The minimum Gasteiger partial charge on any atom is -0.496 e. The lowest BCUT2D eigenvalue weighted by Gasteiger charge is -2.17. The van der Waals surface area contributed by atoms with E-state index in [9.17, 15) is 21.6 Å². The zero-order valence-electron chi connectivity index (χ0n) is 17.0. The highest BCUT2D eigenvalue weighted by atomic mass is 32.2. The fourth-order valence-corrected chi connectivity index (χ4v) is 6.52. The average Bonchev–Trinajstić information content (AvgIpc) is 2.88. The molecule has 3 rings (SSSR count). The van der Waals surface area contributed by atoms with Crippen molar-refractivity contribution in [2.75, 3.05) is 23.7 Å². The van der Waals surface area contributed by atoms with Crippen molar-refractivity contribution in [2.45, 2.75) is 25.2 Å². The first-order valence-electron chi connectivity index (χ1n) is 9.36. The number of nitrogens with one attached hydrogen (secondary N) is 1. The van der Waals surface area contributed by atoms with E-state index >= 15 is 0 Å². The van der Waals surface area contributed by atoms with Gasteiger partial charge in [-0.15, -0.1) is 0 Å². The summed E-state index contributed by atoms with van der Waals surface area (Å²) in [5.41, 5.74) is 1.37. The van der Waals surface area contributed by atoms with Crippen LogP contribution in [0.25, 0.3) is 0 Å². The van der Waals surface area contributed by atoms with Crippen molar-refractivity contribution in [1.29, 1.82) is 0 Å². The van der Waals surface area contributed by atoms with Gasteiger partial charge in [0, 0.05) is 6.54 Å². The molecule has 1 fully saturated rings. The SMILES string of the molecule is COc1ccccc1CCNS(=O)(=O)c1ccc(N2C(=O)[C@H](C)CS2(=O)=O)cc1C. The molecule has 1 aliphatic heterocycles. The molecule has 10 heteroatoms. The lowest BCUT2D eigenvalue weighted by atomic mass is 10.1. The molecule has 0 aromatic heterocycles. The van der Waals surface area contributed by atoms with Crippen molar-refractivity contribution < 1.29 is 26.4 Å². The number of rotatable bonds is 7. The van der Waals surface area contributed by atoms with E-state index in [4.69, 9.17) is 4.74 Å². The van der Waals surface area contributed by atoms with Gasteiger partial charge in [-0.3, -0.25) is 4.79 Å². The number of benzene rings is 2. The summed E-state index contributed by atoms with van der Waals surface area (Å²) >= 11 is 0. The third kappa shape index (κ3) is 4.35. The number of carbonyl (C=O) groups excluding carboxylic acids is 1. The second kappa shape index (κ2) is 8.37. The molecule has 0 spiro atoms. The molecule has 8 nitrogen and oxygen atoms in total. The van der Waals surface area contributed by atoms with Crippen LogP contribution in [0.3, 0.4) is 0 Å². The van der Waals surface area contributed by atoms with Gasteiger partial charge in [0.25, 0.3) is 0 Å². The van der Waals surface area contributed by atoms with Crippen LogP contribution in [-0.4, -0.2) is 42.2 Å². The number of ether oxygens (including phenoxy) is 1. The largest absolute Gasteiger partial charge is 0.496 e. The summed E-state index contributed by atoms with van der Waals surface area (Å²) in [4.78, 5) is 12.3. The molecule has 2 aromatic rings. The van der Waals surface area contributed by atoms with Crippen molar-refractivity contribution in [3.63, 3.8) is 0 Å². The van der Waals surface area contributed by atoms with Gasteiger partial charge in [0.15, 0.2) is 0 Å². The summed E-state index contributed by atoms with van der Waals surface area (Å²) in [6.45, 7) is 3.28. The molecule has 0 aliphatic carbocycles. The Labute approximate surface area is 177 Å². The molecule has 1 N–H and O–H groups in total. The summed E-state index contributed by atoms with van der Waals surface area (Å²) in [5.74, 6) is -0.714. The van der Waals surface area contributed by atoms with E-state index in [-0.39, 0.29) is 22.9 Å². The van der Waals surface area contributed by atoms with Gasteiger partial charge in [0.2, 0.25) is 26.0 Å². The Kier molecular flexibility index (Phi) is 6.21. The van der Waals surface area contributed by atoms with Crippen LogP contribution in [0.2, 0.25) is 0 Å². The summed E-state index contributed by atoms with van der Waals surface area (Å²) in [6.07, 6.45) is 0.443. The summed E-state index contributed by atoms with van der Waals surface area (Å²) in [6, 6.07) is 11.4. The van der Waals surface area contributed by atoms with Crippen molar-refractivity contribution in [3.8, 4) is 5.75 Å². The normalized spacial score (nSPS) is 18.6. The summed E-state index contributed by atoms with van der Waals surface area (Å²) in [7, 11) is -6.01. The van der Waals surface area contributed by atoms with Crippen molar-refractivity contribution in [2.24, 2.45) is 5.92 Å². The maximum absolute atomic E-state index is 12.7. The number of hydrogen-bond donors (Lipinski definition) is 1. The molecule has 0 bridgehead atoms. The van der Waals surface area contributed by atoms with Gasteiger partial charge < -0.3 is 4.74 Å². The molecule has 1 saturated heterocycles. The molecular weight excluding hydrogens is 428 g/mol. The van der Waals surface area contributed by atoms with Crippen LogP contribution in [0, 0.1) is 12.8 Å². The Morgan fingerprint density at radius 1 is 1.20 bits per heavy atom. The summed E-state index contributed by atoms with van der Waals surface area (Å²) < 4.78 is 58.6. The molecule has 1 heterocycles. The van der Waals surface area contributed by atoms with Crippen LogP contribution >= 0.6 is 0 Å². The smallest absolute Gasteiger partial charge is 0.244 e. The van der Waals surface area contributed by atoms with Crippen LogP contribution in [0.4, 0.5) is 5.69 Å². The van der Waals surface area contributed by atoms with E-state index in [2.05, 4.69) is 4.72 Å². The molecule has 1 amide bonds. The van der Waals surface area contributed by atoms with E-state index in [0.717, 1.165) is 9.87 Å². The monoisotopic (exact) mass is 452 g/mol. The quantitative estimate of drug-likeness (QED) is 0.686. The van der Waals surface area contributed by atoms with Crippen LogP contribution in [0.1, 0.15) is 18.1 Å². The number of sulfonamides is 2. The second-order valence-corrected chi connectivity index (χ2v) is 10.8. The summed E-state index contributed by atoms with van der Waals surface area (Å²) in [5, 5.41) is 0. The standard InChI is InChI=1S/C20H24N2O6S2/c1-14-12-17(22-20(23)15(2)13-29(22,24)25)8-9-19(14)30(26,27)21-11-10-16-6-4-5-7-18(16)28-3/h4-9,12,15,21H,10-11,13H2,1-3H3/t15-/m1/s1. The van der Waals surface area contributed by atoms with E-state index in [0.29, 0.717) is 17.7 Å². The molecule has 30 heavy (non-hydrogen) atoms. The fraction of sp³-hybridized carbons (Fsp3) is 0.350. The molecule has 0 unspecified atom stereocenters. The zero-order chi connectivity index (χ0) is 22.1. The zero-order valence-corrected chi connectivity index (χ0v) is 18.6. The average molecular weight is 453 g/mol. The van der Waals surface area contributed by atoms with Gasteiger partial charge in [-0.25, -0.2) is 25.9 Å². The Hall–Kier alpha value is -2.43. The highest BCUT2D eigenvalue weighted by molar-refractivity contribution is 7.94. The van der Waals surface area contributed by atoms with Crippen LogP contribution in [0.15, 0.2) is 47.4 Å². The third-order valence-corrected chi connectivity index (χ3v) is 8.41. The van der Waals surface area contributed by atoms with E-state index in [1.807, 2.05) is 18.2 Å². The molecule has 1 atom stereocenters. The maximum Gasteiger partial charge on any atom is 0.244 e. The molecule has 1 aliphatic rings. The number of amides is 1. The second-order valence-electron chi connectivity index (χ2n) is 7.19. The van der Waals surface area contributed by atoms with Crippen LogP contribution < -0.4 is 13.8 Å². The number of aryl methyl sites for hydroxylation is 1. The highest BCUT2D eigenvalue weighted by Gasteiger charge is 2.42. The van der Waals surface area contributed by atoms with Gasteiger partial charge in [-0.05, 0) is 48.7 Å². The van der Waals surface area contributed by atoms with E-state index < -0.39 is 31.9 Å². The highest BCUT2D eigenvalue weighted by Crippen LogP contribution is 2.30. The van der Waals surface area contributed by atoms with Gasteiger partial charge in [0.1, 0.15) is 5.75 Å². The molecule has 0 saturated carbocycles. The van der Waals surface area contributed by atoms with E-state index in [1.165, 1.54) is 18.2 Å². The van der Waals surface area contributed by atoms with Gasteiger partial charge in [-0.1, -0.05) is 25.1 Å². The maximum atomic E-state index is 12.7. The number of methoxy groups -OCH3 is 1. The van der Waals surface area contributed by atoms with Crippen LogP contribution in [0.5, 0.6) is 5.75 Å². The molecule has 2 aromatic carbocycles. The Morgan fingerprint density at radius 3 is 2.50 bits per heavy atom. The van der Waals surface area contributed by atoms with Crippen molar-refractivity contribution in [1.82, 2.24) is 4.72 Å². The Bertz CT molecular complexity index is 1180. The number of anilines is 1. The topological polar surface area (TPSA) is 110 Å². The predicted molar refractivity (Wildman–Crippen MR) is 114 cm³/mol. The lowest BCUT2D eigenvalue weighted by Crippen LogP contribution is -2.31. The number of para-hydroxylation sites is 1. The first-order valence-corrected chi connectivity index (χ1v) is 12.4. The molecule has 162 valence electrons. The van der Waals surface area contributed by atoms with Gasteiger partial charge in [0.05, 0.1) is 29.4 Å². The first kappa shape index (κ1) is 22.3. The lowest BCUT2D eigenvalue weighted by molar-refractivity contribution is -0.119. The van der Waals surface area contributed by atoms with Crippen molar-refractivity contribution >= 4 is 31.6 Å². The minimum atomic E-state index is -3.82. The Morgan fingerprint density at radius 2 is 1.90 bits per heavy atom. The number of hydrogen-bond acceptors (Lipinski definition) is 6. The fourth-order valence-electron chi connectivity index (χ4n) is 3.46. The van der Waals surface area contributed by atoms with Gasteiger partial charge >= 0.3 is 0 Å². The number of nitrogens with zero attached hydrogens (tertiary/aromatic N) is 1. The number of carbonyl (C=O) groups is 1. The van der Waals surface area contributed by atoms with Crippen molar-refractivity contribution in [3.05, 3.63) is 53.6 Å². The van der Waals surface area contributed by atoms with Gasteiger partial charge in [-0.2, -0.15) is 0 Å². The minimum absolute atomic E-state index is 0.0309. The molecule has 0 radical (unpaired) electrons. The van der Waals surface area contributed by atoms with Crippen LogP contribution in [-0.2, 0) is 31.3 Å². The molecular formula is C20H24N2O6S2. The first-order chi connectivity index (χ1) is 14.1. The van der Waals surface area contributed by atoms with E-state index in [1.54, 1.807) is 27.0 Å². The third-order valence-electron chi connectivity index (χ3n) is 4.92.